The van der Waals surface area contributed by atoms with E-state index in [1.807, 2.05) is 6.92 Å². The van der Waals surface area contributed by atoms with E-state index in [-0.39, 0.29) is 16.3 Å². The Morgan fingerprint density at radius 1 is 1.15 bits per heavy atom. The van der Waals surface area contributed by atoms with Gasteiger partial charge in [0.15, 0.2) is 0 Å². The average molecular weight is 302 g/mol. The number of sulfonamides is 1. The van der Waals surface area contributed by atoms with Gasteiger partial charge in [0.2, 0.25) is 10.0 Å². The third kappa shape index (κ3) is 3.16. The van der Waals surface area contributed by atoms with Gasteiger partial charge in [0, 0.05) is 19.2 Å². The summed E-state index contributed by atoms with van der Waals surface area (Å²) in [6.45, 7) is 4.57. The Labute approximate surface area is 120 Å². The maximum Gasteiger partial charge on any atom is 0.246 e. The van der Waals surface area contributed by atoms with Crippen molar-refractivity contribution in [2.45, 2.75) is 25.2 Å². The standard InChI is InChI=1S/C13H22N2O4S/c1-5-7-15(6-2)20(16,17)13-8-10(14)11(18-3)9-12(13)19-4/h8-9H,5-7,14H2,1-4H3. The predicted octanol–water partition coefficient (Wildman–Crippen LogP) is 1.71. The van der Waals surface area contributed by atoms with Gasteiger partial charge < -0.3 is 15.2 Å². The molecule has 1 rings (SSSR count). The summed E-state index contributed by atoms with van der Waals surface area (Å²) in [5.74, 6) is 0.616. The molecule has 0 aliphatic heterocycles. The van der Waals surface area contributed by atoms with E-state index in [4.69, 9.17) is 15.2 Å². The molecule has 0 bridgehead atoms. The maximum absolute atomic E-state index is 12.6. The summed E-state index contributed by atoms with van der Waals surface area (Å²) in [5, 5.41) is 0. The molecule has 114 valence electrons. The fraction of sp³-hybridized carbons (Fsp3) is 0.538. The molecule has 6 nitrogen and oxygen atoms in total. The van der Waals surface area contributed by atoms with Crippen molar-refractivity contribution in [1.82, 2.24) is 4.31 Å². The van der Waals surface area contributed by atoms with E-state index < -0.39 is 10.0 Å². The number of methoxy groups -OCH3 is 2. The second-order valence-corrected chi connectivity index (χ2v) is 6.15. The zero-order chi connectivity index (χ0) is 15.3. The Balaban J connectivity index is 3.40. The first kappa shape index (κ1) is 16.6. The number of nitrogen functional groups attached to an aromatic ring is 1. The van der Waals surface area contributed by atoms with E-state index in [9.17, 15) is 8.42 Å². The van der Waals surface area contributed by atoms with Crippen LogP contribution in [-0.4, -0.2) is 40.0 Å². The first-order valence-electron chi connectivity index (χ1n) is 6.43. The van der Waals surface area contributed by atoms with Crippen LogP contribution in [0.15, 0.2) is 17.0 Å². The molecule has 0 amide bonds. The Bertz CT molecular complexity index is 558. The normalized spacial score (nSPS) is 11.7. The van der Waals surface area contributed by atoms with Gasteiger partial charge in [0.25, 0.3) is 0 Å². The molecule has 0 unspecified atom stereocenters. The zero-order valence-electron chi connectivity index (χ0n) is 12.3. The lowest BCUT2D eigenvalue weighted by Crippen LogP contribution is -2.32. The molecule has 0 saturated carbocycles. The SMILES string of the molecule is CCCN(CC)S(=O)(=O)c1cc(N)c(OC)cc1OC. The van der Waals surface area contributed by atoms with Crippen LogP contribution in [0.1, 0.15) is 20.3 Å². The molecule has 2 N–H and O–H groups in total. The van der Waals surface area contributed by atoms with Crippen molar-refractivity contribution in [1.29, 1.82) is 0 Å². The van der Waals surface area contributed by atoms with Crippen molar-refractivity contribution in [2.24, 2.45) is 0 Å². The summed E-state index contributed by atoms with van der Waals surface area (Å²) in [5.41, 5.74) is 6.07. The van der Waals surface area contributed by atoms with Gasteiger partial charge in [0.1, 0.15) is 16.4 Å². The number of rotatable bonds is 7. The van der Waals surface area contributed by atoms with Crippen molar-refractivity contribution in [2.75, 3.05) is 33.0 Å². The average Bonchev–Trinajstić information content (AvgIpc) is 2.44. The van der Waals surface area contributed by atoms with Crippen molar-refractivity contribution in [3.63, 3.8) is 0 Å². The molecule has 0 aliphatic rings. The fourth-order valence-corrected chi connectivity index (χ4v) is 3.65. The summed E-state index contributed by atoms with van der Waals surface area (Å²) < 4.78 is 36.9. The number of ether oxygens (including phenoxy) is 2. The molecule has 0 heterocycles. The molecular weight excluding hydrogens is 280 g/mol. The van der Waals surface area contributed by atoms with Gasteiger partial charge in [-0.2, -0.15) is 4.31 Å². The van der Waals surface area contributed by atoms with Crippen molar-refractivity contribution in [3.8, 4) is 11.5 Å². The van der Waals surface area contributed by atoms with E-state index in [0.717, 1.165) is 6.42 Å². The highest BCUT2D eigenvalue weighted by Gasteiger charge is 2.27. The van der Waals surface area contributed by atoms with Gasteiger partial charge in [-0.25, -0.2) is 8.42 Å². The minimum atomic E-state index is -3.63. The Morgan fingerprint density at radius 2 is 1.75 bits per heavy atom. The van der Waals surface area contributed by atoms with E-state index in [1.165, 1.54) is 30.7 Å². The van der Waals surface area contributed by atoms with E-state index in [0.29, 0.717) is 18.8 Å². The molecule has 0 fully saturated rings. The van der Waals surface area contributed by atoms with Gasteiger partial charge in [-0.15, -0.1) is 0 Å². The quantitative estimate of drug-likeness (QED) is 0.775. The van der Waals surface area contributed by atoms with Crippen LogP contribution in [0, 0.1) is 0 Å². The molecule has 0 atom stereocenters. The molecule has 0 radical (unpaired) electrons. The van der Waals surface area contributed by atoms with Crippen LogP contribution < -0.4 is 15.2 Å². The van der Waals surface area contributed by atoms with Crippen LogP contribution >= 0.6 is 0 Å². The minimum absolute atomic E-state index is 0.0635. The molecule has 1 aromatic rings. The Hall–Kier alpha value is -1.47. The predicted molar refractivity (Wildman–Crippen MR) is 78.7 cm³/mol. The topological polar surface area (TPSA) is 81.9 Å². The van der Waals surface area contributed by atoms with Crippen LogP contribution in [0.3, 0.4) is 0 Å². The van der Waals surface area contributed by atoms with Gasteiger partial charge in [-0.05, 0) is 12.5 Å². The maximum atomic E-state index is 12.6. The molecule has 20 heavy (non-hydrogen) atoms. The third-order valence-corrected chi connectivity index (χ3v) is 4.95. The molecule has 7 heteroatoms. The van der Waals surface area contributed by atoms with Crippen LogP contribution in [0.4, 0.5) is 5.69 Å². The number of anilines is 1. The summed E-state index contributed by atoms with van der Waals surface area (Å²) in [6.07, 6.45) is 0.737. The van der Waals surface area contributed by atoms with Crippen LogP contribution in [0.5, 0.6) is 11.5 Å². The monoisotopic (exact) mass is 302 g/mol. The number of benzene rings is 1. The smallest absolute Gasteiger partial charge is 0.246 e. The number of hydrogen-bond acceptors (Lipinski definition) is 5. The van der Waals surface area contributed by atoms with Crippen molar-refractivity contribution in [3.05, 3.63) is 12.1 Å². The van der Waals surface area contributed by atoms with Crippen molar-refractivity contribution >= 4 is 15.7 Å². The highest BCUT2D eigenvalue weighted by Crippen LogP contribution is 2.35. The summed E-state index contributed by atoms with van der Waals surface area (Å²) in [7, 11) is -0.747. The zero-order valence-corrected chi connectivity index (χ0v) is 13.2. The van der Waals surface area contributed by atoms with Gasteiger partial charge in [0.05, 0.1) is 19.9 Å². The highest BCUT2D eigenvalue weighted by atomic mass is 32.2. The highest BCUT2D eigenvalue weighted by molar-refractivity contribution is 7.89. The van der Waals surface area contributed by atoms with E-state index >= 15 is 0 Å². The largest absolute Gasteiger partial charge is 0.495 e. The lowest BCUT2D eigenvalue weighted by Gasteiger charge is -2.21. The Morgan fingerprint density at radius 3 is 2.20 bits per heavy atom. The van der Waals surface area contributed by atoms with E-state index in [2.05, 4.69) is 0 Å². The van der Waals surface area contributed by atoms with Crippen LogP contribution in [0.2, 0.25) is 0 Å². The van der Waals surface area contributed by atoms with E-state index in [1.54, 1.807) is 6.92 Å². The van der Waals surface area contributed by atoms with Crippen LogP contribution in [-0.2, 0) is 10.0 Å². The number of nitrogens with zero attached hydrogens (tertiary/aromatic N) is 1. The lowest BCUT2D eigenvalue weighted by atomic mass is 10.3. The summed E-state index contributed by atoms with van der Waals surface area (Å²) in [4.78, 5) is 0.0635. The first-order chi connectivity index (χ1) is 9.42. The van der Waals surface area contributed by atoms with Gasteiger partial charge >= 0.3 is 0 Å². The number of nitrogens with two attached hydrogens (primary N) is 1. The lowest BCUT2D eigenvalue weighted by molar-refractivity contribution is 0.381. The molecule has 1 aromatic carbocycles. The second kappa shape index (κ2) is 6.81. The van der Waals surface area contributed by atoms with Gasteiger partial charge in [-0.1, -0.05) is 13.8 Å². The summed E-state index contributed by atoms with van der Waals surface area (Å²) >= 11 is 0. The summed E-state index contributed by atoms with van der Waals surface area (Å²) in [6, 6.07) is 2.87. The number of hydrogen-bond donors (Lipinski definition) is 1. The van der Waals surface area contributed by atoms with Crippen molar-refractivity contribution < 1.29 is 17.9 Å². The second-order valence-electron chi connectivity index (χ2n) is 4.24. The minimum Gasteiger partial charge on any atom is -0.495 e. The molecule has 0 aliphatic carbocycles. The van der Waals surface area contributed by atoms with Gasteiger partial charge in [-0.3, -0.25) is 0 Å². The molecule has 0 spiro atoms. The third-order valence-electron chi connectivity index (χ3n) is 2.96. The van der Waals surface area contributed by atoms with Crippen LogP contribution in [0.25, 0.3) is 0 Å². The molecule has 0 aromatic heterocycles. The fourth-order valence-electron chi connectivity index (χ4n) is 1.93. The molecular formula is C13H22N2O4S. The Kier molecular flexibility index (Phi) is 5.64. The first-order valence-corrected chi connectivity index (χ1v) is 7.87. The molecule has 0 saturated heterocycles.